The van der Waals surface area contributed by atoms with E-state index >= 15 is 0 Å². The molecular weight excluding hydrogens is 753 g/mol. The van der Waals surface area contributed by atoms with Crippen molar-refractivity contribution in [3.63, 3.8) is 0 Å². The lowest BCUT2D eigenvalue weighted by atomic mass is 9.90. The molecule has 2 heteroatoms. The number of rotatable bonds is 18. The third-order valence-electron chi connectivity index (χ3n) is 13.0. The Kier molecular flexibility index (Phi) is 14.4. The molecule has 0 N–H and O–H groups in total. The van der Waals surface area contributed by atoms with Crippen molar-refractivity contribution in [2.75, 3.05) is 0 Å². The van der Waals surface area contributed by atoms with Crippen LogP contribution in [0.1, 0.15) is 111 Å². The number of hydrogen-bond acceptors (Lipinski definition) is 0. The fourth-order valence-corrected chi connectivity index (χ4v) is 15.2. The predicted molar refractivity (Wildman–Crippen MR) is 270 cm³/mol. The molecule has 0 amide bonds. The molecule has 306 valence electrons. The van der Waals surface area contributed by atoms with Crippen molar-refractivity contribution in [3.8, 4) is 0 Å². The van der Waals surface area contributed by atoms with Crippen LogP contribution < -0.4 is 0 Å². The van der Waals surface area contributed by atoms with Crippen LogP contribution in [0.15, 0.2) is 179 Å². The third-order valence-corrected chi connectivity index (χ3v) is 20.0. The van der Waals surface area contributed by atoms with E-state index in [1.54, 1.807) is 20.8 Å². The summed E-state index contributed by atoms with van der Waals surface area (Å²) in [6, 6.07) is 54.2. The van der Waals surface area contributed by atoms with E-state index in [9.17, 15) is 0 Å². The van der Waals surface area contributed by atoms with Crippen molar-refractivity contribution in [2.24, 2.45) is 0 Å². The topological polar surface area (TPSA) is 0 Å². The molecule has 0 spiro atoms. The van der Waals surface area contributed by atoms with Gasteiger partial charge in [0.2, 0.25) is 0 Å². The van der Waals surface area contributed by atoms with Gasteiger partial charge in [-0.2, -0.15) is 0 Å². The summed E-state index contributed by atoms with van der Waals surface area (Å²) in [5, 5.41) is 6.27. The van der Waals surface area contributed by atoms with Gasteiger partial charge in [-0.15, -0.1) is 0 Å². The van der Waals surface area contributed by atoms with Crippen LogP contribution in [0.4, 0.5) is 0 Å². The Hall–Kier alpha value is -5.03. The van der Waals surface area contributed by atoms with Gasteiger partial charge in [-0.1, -0.05) is 248 Å². The van der Waals surface area contributed by atoms with Crippen molar-refractivity contribution in [1.82, 2.24) is 0 Å². The van der Waals surface area contributed by atoms with Crippen LogP contribution in [0, 0.1) is 0 Å². The average molecular weight is 819 g/mol. The summed E-state index contributed by atoms with van der Waals surface area (Å²) in [6.45, 7) is 14.8. The highest BCUT2D eigenvalue weighted by Crippen LogP contribution is 2.49. The maximum atomic E-state index is 2.55. The van der Waals surface area contributed by atoms with E-state index in [1.807, 2.05) is 0 Å². The number of benzene rings is 5. The van der Waals surface area contributed by atoms with Crippen molar-refractivity contribution >= 4 is 49.8 Å². The Morgan fingerprint density at radius 2 is 0.733 bits per heavy atom. The van der Waals surface area contributed by atoms with Gasteiger partial charge in [0.1, 0.15) is 16.1 Å². The molecule has 0 fully saturated rings. The largest absolute Gasteiger partial charge is 0.113 e. The second-order valence-corrected chi connectivity index (χ2v) is 26.7. The maximum Gasteiger partial charge on any atom is 0.113 e. The average Bonchev–Trinajstić information content (AvgIpc) is 3.27. The van der Waals surface area contributed by atoms with Crippen LogP contribution in [0.25, 0.3) is 33.7 Å². The first kappa shape index (κ1) is 43.1. The molecule has 0 saturated heterocycles. The quantitative estimate of drug-likeness (QED) is 0.0610. The summed E-state index contributed by atoms with van der Waals surface area (Å²) >= 11 is 0. The first-order valence-corrected chi connectivity index (χ1v) is 28.9. The predicted octanol–water partition coefficient (Wildman–Crippen LogP) is 17.1. The zero-order chi connectivity index (χ0) is 42.0. The Bertz CT molecular complexity index is 2210. The standard InChI is InChI=1S/C58H66Si2/c1-7-9-11-17-35-51(57(49-31-23-15-24-32-49)55-43-53(59(55,3)4)47-27-19-13-20-28-47)41-45-37-39-46(40-38-45)42-52(36-18-12-10-8-2)58(50-33-25-16-26-34-50)56-44-54(60(56,5)6)48-29-21-14-22-30-48/h13-16,19-34,37-44H,7-12,17-18,35-36H2,1-6H3/b51-41+,52-42+,57-55+,58-56+. The lowest BCUT2D eigenvalue weighted by Gasteiger charge is -2.40. The normalized spacial score (nSPS) is 17.6. The van der Waals surface area contributed by atoms with Crippen LogP contribution >= 0.6 is 0 Å². The Labute approximate surface area is 364 Å². The van der Waals surface area contributed by atoms with E-state index in [-0.39, 0.29) is 0 Å². The molecule has 5 aromatic carbocycles. The lowest BCUT2D eigenvalue weighted by molar-refractivity contribution is 0.670. The maximum absolute atomic E-state index is 2.55. The third kappa shape index (κ3) is 9.78. The van der Waals surface area contributed by atoms with Crippen LogP contribution in [0.5, 0.6) is 0 Å². The molecule has 0 bridgehead atoms. The van der Waals surface area contributed by atoms with Gasteiger partial charge in [0, 0.05) is 0 Å². The number of unbranched alkanes of at least 4 members (excludes halogenated alkanes) is 6. The monoisotopic (exact) mass is 818 g/mol. The zero-order valence-corrected chi connectivity index (χ0v) is 39.2. The Morgan fingerprint density at radius 1 is 0.400 bits per heavy atom. The highest BCUT2D eigenvalue weighted by atomic mass is 28.3. The molecule has 2 heterocycles. The fraction of sp³-hybridized carbons (Fsp3) is 0.276. The van der Waals surface area contributed by atoms with E-state index in [2.05, 4.69) is 210 Å². The van der Waals surface area contributed by atoms with Crippen molar-refractivity contribution in [2.45, 2.75) is 104 Å². The van der Waals surface area contributed by atoms with Crippen LogP contribution in [0.3, 0.4) is 0 Å². The minimum Gasteiger partial charge on any atom is -0.0654 e. The minimum atomic E-state index is -1.87. The van der Waals surface area contributed by atoms with Crippen molar-refractivity contribution in [1.29, 1.82) is 0 Å². The summed E-state index contributed by atoms with van der Waals surface area (Å²) in [7, 11) is -3.74. The first-order chi connectivity index (χ1) is 29.2. The molecule has 60 heavy (non-hydrogen) atoms. The smallest absolute Gasteiger partial charge is 0.0654 e. The van der Waals surface area contributed by atoms with Gasteiger partial charge < -0.3 is 0 Å². The summed E-state index contributed by atoms with van der Waals surface area (Å²) in [6.07, 6.45) is 22.3. The molecule has 2 aliphatic rings. The van der Waals surface area contributed by atoms with E-state index in [1.165, 1.54) is 107 Å². The van der Waals surface area contributed by atoms with E-state index in [4.69, 9.17) is 0 Å². The van der Waals surface area contributed by atoms with Crippen LogP contribution in [-0.4, -0.2) is 16.1 Å². The summed E-state index contributed by atoms with van der Waals surface area (Å²) < 4.78 is 0. The molecule has 5 aromatic rings. The number of hydrogen-bond donors (Lipinski definition) is 0. The highest BCUT2D eigenvalue weighted by molar-refractivity contribution is 7.06. The lowest BCUT2D eigenvalue weighted by Crippen LogP contribution is -2.39. The van der Waals surface area contributed by atoms with Crippen LogP contribution in [0.2, 0.25) is 26.2 Å². The van der Waals surface area contributed by atoms with Gasteiger partial charge >= 0.3 is 0 Å². The van der Waals surface area contributed by atoms with E-state index in [0.29, 0.717) is 0 Å². The second-order valence-electron chi connectivity index (χ2n) is 18.0. The molecule has 2 aliphatic heterocycles. The second kappa shape index (κ2) is 20.0. The van der Waals surface area contributed by atoms with Gasteiger partial charge in [-0.05, 0) is 102 Å². The van der Waals surface area contributed by atoms with E-state index in [0.717, 1.165) is 12.8 Å². The molecule has 0 saturated carbocycles. The molecule has 0 nitrogen and oxygen atoms in total. The van der Waals surface area contributed by atoms with E-state index < -0.39 is 16.1 Å². The Balaban J connectivity index is 1.31. The molecule has 7 rings (SSSR count). The molecule has 0 atom stereocenters. The summed E-state index contributed by atoms with van der Waals surface area (Å²) in [5.41, 5.74) is 13.9. The van der Waals surface area contributed by atoms with Crippen molar-refractivity contribution < 1.29 is 0 Å². The molecule has 0 unspecified atom stereocenters. The van der Waals surface area contributed by atoms with Crippen molar-refractivity contribution in [3.05, 3.63) is 213 Å². The molecular formula is C58H66Si2. The number of allylic oxidation sites excluding steroid dienone is 8. The van der Waals surface area contributed by atoms with Crippen LogP contribution in [-0.2, 0) is 0 Å². The molecule has 0 aliphatic carbocycles. The molecule has 0 radical (unpaired) electrons. The minimum absolute atomic E-state index is 1.09. The molecule has 0 aromatic heterocycles. The van der Waals surface area contributed by atoms with Gasteiger partial charge in [0.05, 0.1) is 0 Å². The summed E-state index contributed by atoms with van der Waals surface area (Å²) in [4.78, 5) is 0. The SMILES string of the molecule is CCCCCCC(=C\c1ccc(/C=C(CCCCCC)/C(=C2\C=C(c3ccccc3)[Si]2(C)C)c2ccccc2)cc1)/C(=C1\C=C(c2ccccc2)[Si]1(C)C)c1ccccc1. The highest BCUT2D eigenvalue weighted by Gasteiger charge is 2.42. The first-order valence-electron chi connectivity index (χ1n) is 22.9. The van der Waals surface area contributed by atoms with Gasteiger partial charge in [0.15, 0.2) is 0 Å². The zero-order valence-electron chi connectivity index (χ0n) is 37.2. The fourth-order valence-electron chi connectivity index (χ4n) is 9.39. The van der Waals surface area contributed by atoms with Gasteiger partial charge in [-0.25, -0.2) is 0 Å². The van der Waals surface area contributed by atoms with Gasteiger partial charge in [0.25, 0.3) is 0 Å². The Morgan fingerprint density at radius 3 is 1.05 bits per heavy atom. The van der Waals surface area contributed by atoms with Gasteiger partial charge in [-0.3, -0.25) is 0 Å². The summed E-state index contributed by atoms with van der Waals surface area (Å²) in [5.74, 6) is 0.